The van der Waals surface area contributed by atoms with Crippen LogP contribution in [0.5, 0.6) is 0 Å². The summed E-state index contributed by atoms with van der Waals surface area (Å²) < 4.78 is 13.6. The van der Waals surface area contributed by atoms with Gasteiger partial charge in [0.2, 0.25) is 0 Å². The minimum absolute atomic E-state index is 0.205. The Morgan fingerprint density at radius 2 is 2.00 bits per heavy atom. The molecule has 0 spiro atoms. The summed E-state index contributed by atoms with van der Waals surface area (Å²) in [5, 5.41) is 0.320. The molecule has 0 N–H and O–H groups in total. The van der Waals surface area contributed by atoms with Gasteiger partial charge >= 0.3 is 0 Å². The van der Waals surface area contributed by atoms with Crippen molar-refractivity contribution in [3.8, 4) is 0 Å². The summed E-state index contributed by atoms with van der Waals surface area (Å²) in [5.74, 6) is 0.566. The first-order valence-corrected chi connectivity index (χ1v) is 6.54. The van der Waals surface area contributed by atoms with Gasteiger partial charge in [-0.1, -0.05) is 29.8 Å². The van der Waals surface area contributed by atoms with Crippen LogP contribution in [0.15, 0.2) is 30.6 Å². The second-order valence-electron chi connectivity index (χ2n) is 4.05. The summed E-state index contributed by atoms with van der Waals surface area (Å²) in [5.41, 5.74) is 1.23. The number of rotatable bonds is 4. The minimum atomic E-state index is -0.248. The van der Waals surface area contributed by atoms with E-state index in [1.807, 2.05) is 0 Å². The zero-order valence-corrected chi connectivity index (χ0v) is 11.8. The molecule has 1 heterocycles. The molecule has 2 rings (SSSR count). The maximum absolute atomic E-state index is 13.6. The monoisotopic (exact) mass is 299 g/mol. The molecule has 1 aromatic heterocycles. The smallest absolute Gasteiger partial charge is 0.138 e. The first kappa shape index (κ1) is 14.0. The van der Waals surface area contributed by atoms with E-state index in [2.05, 4.69) is 9.97 Å². The molecule has 1 aromatic carbocycles. The van der Waals surface area contributed by atoms with E-state index in [4.69, 9.17) is 23.2 Å². The molecule has 0 aliphatic heterocycles. The van der Waals surface area contributed by atoms with E-state index in [-0.39, 0.29) is 11.7 Å². The Labute approximate surface area is 121 Å². The van der Waals surface area contributed by atoms with Crippen LogP contribution in [0.4, 0.5) is 10.2 Å². The van der Waals surface area contributed by atoms with Crippen LogP contribution < -0.4 is 4.90 Å². The molecule has 3 nitrogen and oxygen atoms in total. The predicted molar refractivity (Wildman–Crippen MR) is 75.1 cm³/mol. The standard InChI is InChI=1S/C13H12Cl2FN3/c1-19(7-9-4-2-3-5-11(9)16)13-10(6-14)12(15)17-8-18-13/h2-5,8H,6-7H2,1H3. The average molecular weight is 300 g/mol. The molecule has 0 radical (unpaired) electrons. The molecule has 0 bridgehead atoms. The maximum Gasteiger partial charge on any atom is 0.138 e. The van der Waals surface area contributed by atoms with E-state index in [0.717, 1.165) is 0 Å². The van der Waals surface area contributed by atoms with Crippen molar-refractivity contribution in [2.24, 2.45) is 0 Å². The molecule has 0 saturated carbocycles. The highest BCUT2D eigenvalue weighted by Crippen LogP contribution is 2.25. The van der Waals surface area contributed by atoms with E-state index in [1.165, 1.54) is 12.4 Å². The minimum Gasteiger partial charge on any atom is -0.355 e. The van der Waals surface area contributed by atoms with Gasteiger partial charge < -0.3 is 4.90 Å². The Hall–Kier alpha value is -1.39. The zero-order chi connectivity index (χ0) is 13.8. The second-order valence-corrected chi connectivity index (χ2v) is 4.67. The third-order valence-electron chi connectivity index (χ3n) is 2.73. The highest BCUT2D eigenvalue weighted by atomic mass is 35.5. The normalized spacial score (nSPS) is 10.5. The molecule has 0 saturated heterocycles. The van der Waals surface area contributed by atoms with Gasteiger partial charge in [-0.2, -0.15) is 0 Å². The molecule has 0 unspecified atom stereocenters. The summed E-state index contributed by atoms with van der Waals surface area (Å²) in [6, 6.07) is 6.61. The van der Waals surface area contributed by atoms with Crippen molar-refractivity contribution >= 4 is 29.0 Å². The quantitative estimate of drug-likeness (QED) is 0.637. The Morgan fingerprint density at radius 3 is 2.68 bits per heavy atom. The fourth-order valence-corrected chi connectivity index (χ4v) is 2.29. The van der Waals surface area contributed by atoms with E-state index in [9.17, 15) is 4.39 Å². The molecular formula is C13H12Cl2FN3. The van der Waals surface area contributed by atoms with Crippen LogP contribution in [0, 0.1) is 5.82 Å². The van der Waals surface area contributed by atoms with E-state index in [0.29, 0.717) is 28.6 Å². The second kappa shape index (κ2) is 6.17. The fraction of sp³-hybridized carbons (Fsp3) is 0.231. The Bertz CT molecular complexity index is 578. The fourth-order valence-electron chi connectivity index (χ4n) is 1.78. The van der Waals surface area contributed by atoms with Crippen molar-refractivity contribution in [1.82, 2.24) is 9.97 Å². The van der Waals surface area contributed by atoms with Gasteiger partial charge in [-0.3, -0.25) is 0 Å². The highest BCUT2D eigenvalue weighted by Gasteiger charge is 2.14. The summed E-state index contributed by atoms with van der Waals surface area (Å²) in [6.45, 7) is 0.379. The number of anilines is 1. The molecule has 0 aliphatic carbocycles. The third kappa shape index (κ3) is 3.14. The molecule has 100 valence electrons. The number of benzene rings is 1. The lowest BCUT2D eigenvalue weighted by Gasteiger charge is -2.21. The molecule has 6 heteroatoms. The number of aromatic nitrogens is 2. The summed E-state index contributed by atoms with van der Waals surface area (Å²) in [7, 11) is 1.81. The van der Waals surface area contributed by atoms with E-state index >= 15 is 0 Å². The lowest BCUT2D eigenvalue weighted by Crippen LogP contribution is -2.20. The number of alkyl halides is 1. The summed E-state index contributed by atoms with van der Waals surface area (Å²) in [4.78, 5) is 9.84. The highest BCUT2D eigenvalue weighted by molar-refractivity contribution is 6.31. The van der Waals surface area contributed by atoms with Gasteiger partial charge in [0.15, 0.2) is 0 Å². The summed E-state index contributed by atoms with van der Waals surface area (Å²) in [6.07, 6.45) is 1.37. The van der Waals surface area contributed by atoms with Gasteiger partial charge in [0.1, 0.15) is 23.1 Å². The predicted octanol–water partition coefficient (Wildman–Crippen LogP) is 3.64. The van der Waals surface area contributed by atoms with E-state index < -0.39 is 0 Å². The topological polar surface area (TPSA) is 29.0 Å². The van der Waals surface area contributed by atoms with Gasteiger partial charge in [-0.25, -0.2) is 14.4 Å². The van der Waals surface area contributed by atoms with Crippen LogP contribution >= 0.6 is 23.2 Å². The van der Waals surface area contributed by atoms with Gasteiger partial charge in [-0.05, 0) is 6.07 Å². The Morgan fingerprint density at radius 1 is 1.26 bits per heavy atom. The molecule has 0 aliphatic rings. The average Bonchev–Trinajstić information content (AvgIpc) is 2.41. The van der Waals surface area contributed by atoms with Crippen molar-refractivity contribution in [1.29, 1.82) is 0 Å². The van der Waals surface area contributed by atoms with E-state index in [1.54, 1.807) is 30.1 Å². The van der Waals surface area contributed by atoms with Crippen molar-refractivity contribution in [3.05, 3.63) is 52.7 Å². The van der Waals surface area contributed by atoms with Crippen LogP contribution in [0.1, 0.15) is 11.1 Å². The largest absolute Gasteiger partial charge is 0.355 e. The van der Waals surface area contributed by atoms with Crippen LogP contribution in [0.2, 0.25) is 5.15 Å². The van der Waals surface area contributed by atoms with Crippen molar-refractivity contribution in [3.63, 3.8) is 0 Å². The Kier molecular flexibility index (Phi) is 4.56. The van der Waals surface area contributed by atoms with Crippen molar-refractivity contribution < 1.29 is 4.39 Å². The first-order valence-electron chi connectivity index (χ1n) is 5.63. The number of halogens is 3. The molecule has 19 heavy (non-hydrogen) atoms. The number of hydrogen-bond donors (Lipinski definition) is 0. The maximum atomic E-state index is 13.6. The number of nitrogens with zero attached hydrogens (tertiary/aromatic N) is 3. The molecule has 2 aromatic rings. The van der Waals surface area contributed by atoms with Crippen molar-refractivity contribution in [2.75, 3.05) is 11.9 Å². The van der Waals surface area contributed by atoms with Crippen LogP contribution in [0.3, 0.4) is 0 Å². The molecule has 0 amide bonds. The first-order chi connectivity index (χ1) is 9.13. The number of hydrogen-bond acceptors (Lipinski definition) is 3. The summed E-state index contributed by atoms with van der Waals surface area (Å²) >= 11 is 11.8. The van der Waals surface area contributed by atoms with Gasteiger partial charge in [0.25, 0.3) is 0 Å². The lowest BCUT2D eigenvalue weighted by atomic mass is 10.2. The van der Waals surface area contributed by atoms with Gasteiger partial charge in [-0.15, -0.1) is 11.6 Å². The Balaban J connectivity index is 2.28. The van der Waals surface area contributed by atoms with Crippen LogP contribution in [-0.4, -0.2) is 17.0 Å². The van der Waals surface area contributed by atoms with Crippen LogP contribution in [0.25, 0.3) is 0 Å². The van der Waals surface area contributed by atoms with Gasteiger partial charge in [0.05, 0.1) is 5.88 Å². The molecular weight excluding hydrogens is 288 g/mol. The molecule has 0 atom stereocenters. The van der Waals surface area contributed by atoms with Crippen molar-refractivity contribution in [2.45, 2.75) is 12.4 Å². The SMILES string of the molecule is CN(Cc1ccccc1F)c1ncnc(Cl)c1CCl. The van der Waals surface area contributed by atoms with Gasteiger partial charge in [0, 0.05) is 24.7 Å². The zero-order valence-electron chi connectivity index (χ0n) is 10.3. The van der Waals surface area contributed by atoms with Crippen LogP contribution in [-0.2, 0) is 12.4 Å². The lowest BCUT2D eigenvalue weighted by molar-refractivity contribution is 0.607. The third-order valence-corrected chi connectivity index (χ3v) is 3.32. The molecule has 0 fully saturated rings.